The second-order valence-electron chi connectivity index (χ2n) is 4.58. The molecule has 0 saturated heterocycles. The largest absolute Gasteiger partial charge is 0.507 e. The van der Waals surface area contributed by atoms with Crippen molar-refractivity contribution in [2.75, 3.05) is 11.9 Å². The van der Waals surface area contributed by atoms with Gasteiger partial charge in [0.05, 0.1) is 10.0 Å². The summed E-state index contributed by atoms with van der Waals surface area (Å²) in [5.74, 6) is -1.51. The van der Waals surface area contributed by atoms with Crippen LogP contribution in [0.4, 0.5) is 5.82 Å². The summed E-state index contributed by atoms with van der Waals surface area (Å²) < 4.78 is 4.85. The predicted molar refractivity (Wildman–Crippen MR) is 86.0 cm³/mol. The Labute approximate surface area is 142 Å². The molecule has 6 nitrogen and oxygen atoms in total. The van der Waals surface area contributed by atoms with Crippen LogP contribution in [0.5, 0.6) is 5.75 Å². The molecule has 0 aliphatic rings. The van der Waals surface area contributed by atoms with E-state index in [4.69, 9.17) is 27.9 Å². The number of para-hydroxylation sites is 1. The highest BCUT2D eigenvalue weighted by atomic mass is 35.5. The number of rotatable bonds is 4. The Morgan fingerprint density at radius 1 is 1.35 bits per heavy atom. The number of nitrogens with zero attached hydrogens (tertiary/aromatic N) is 1. The van der Waals surface area contributed by atoms with Crippen molar-refractivity contribution in [2.24, 2.45) is 0 Å². The molecule has 0 saturated carbocycles. The van der Waals surface area contributed by atoms with Crippen molar-refractivity contribution >= 4 is 40.9 Å². The summed E-state index contributed by atoms with van der Waals surface area (Å²) in [4.78, 5) is 27.5. The molecule has 0 unspecified atom stereocenters. The summed E-state index contributed by atoms with van der Waals surface area (Å²) >= 11 is 11.6. The van der Waals surface area contributed by atoms with Crippen molar-refractivity contribution in [3.05, 3.63) is 51.6 Å². The van der Waals surface area contributed by atoms with Gasteiger partial charge in [-0.05, 0) is 24.6 Å². The zero-order chi connectivity index (χ0) is 17.0. The second-order valence-corrected chi connectivity index (χ2v) is 5.42. The summed E-state index contributed by atoms with van der Waals surface area (Å²) in [7, 11) is 0. The van der Waals surface area contributed by atoms with E-state index in [0.29, 0.717) is 10.6 Å². The third kappa shape index (κ3) is 4.34. The Kier molecular flexibility index (Phi) is 5.41. The minimum absolute atomic E-state index is 0.0135. The van der Waals surface area contributed by atoms with Crippen molar-refractivity contribution in [3.8, 4) is 5.75 Å². The number of ether oxygens (including phenoxy) is 1. The number of hydrogen-bond donors (Lipinski definition) is 2. The van der Waals surface area contributed by atoms with Gasteiger partial charge in [-0.15, -0.1) is 0 Å². The number of phenolic OH excluding ortho intramolecular Hbond substituents is 1. The maximum absolute atomic E-state index is 11.9. The van der Waals surface area contributed by atoms with Crippen molar-refractivity contribution in [3.63, 3.8) is 0 Å². The molecule has 0 fully saturated rings. The van der Waals surface area contributed by atoms with Crippen LogP contribution in [0, 0.1) is 6.92 Å². The molecule has 0 spiro atoms. The Balaban J connectivity index is 1.96. The summed E-state index contributed by atoms with van der Waals surface area (Å²) in [5.41, 5.74) is 0.515. The van der Waals surface area contributed by atoms with Gasteiger partial charge in [-0.3, -0.25) is 4.79 Å². The van der Waals surface area contributed by atoms with Crippen molar-refractivity contribution in [2.45, 2.75) is 6.92 Å². The molecule has 8 heteroatoms. The van der Waals surface area contributed by atoms with Crippen LogP contribution < -0.4 is 5.32 Å². The average molecular weight is 355 g/mol. The molecule has 2 aromatic rings. The second kappa shape index (κ2) is 7.30. The fraction of sp³-hybridized carbons (Fsp3) is 0.133. The van der Waals surface area contributed by atoms with Gasteiger partial charge in [0.25, 0.3) is 5.91 Å². The van der Waals surface area contributed by atoms with Crippen LogP contribution in [0.3, 0.4) is 0 Å². The highest BCUT2D eigenvalue weighted by Crippen LogP contribution is 2.23. The molecule has 120 valence electrons. The number of phenols is 1. The van der Waals surface area contributed by atoms with Crippen LogP contribution in [0.2, 0.25) is 10.0 Å². The molecule has 2 N–H and O–H groups in total. The quantitative estimate of drug-likeness (QED) is 0.823. The van der Waals surface area contributed by atoms with Crippen LogP contribution in [0.15, 0.2) is 30.5 Å². The first-order valence-corrected chi connectivity index (χ1v) is 7.20. The zero-order valence-electron chi connectivity index (χ0n) is 12.0. The first kappa shape index (κ1) is 17.1. The number of carbonyl (C=O) groups excluding carboxylic acids is 2. The van der Waals surface area contributed by atoms with Crippen LogP contribution in [-0.4, -0.2) is 28.6 Å². The number of anilines is 1. The third-order valence-electron chi connectivity index (χ3n) is 2.86. The predicted octanol–water partition coefficient (Wildman–Crippen LogP) is 3.20. The number of aryl methyl sites for hydroxylation is 1. The van der Waals surface area contributed by atoms with Crippen molar-refractivity contribution in [1.82, 2.24) is 4.98 Å². The molecule has 0 aliphatic carbocycles. The minimum atomic E-state index is -0.809. The number of halogens is 2. The molecule has 1 aromatic heterocycles. The van der Waals surface area contributed by atoms with Gasteiger partial charge in [0, 0.05) is 6.20 Å². The molecule has 1 amide bonds. The average Bonchev–Trinajstić information content (AvgIpc) is 2.50. The van der Waals surface area contributed by atoms with Crippen molar-refractivity contribution < 1.29 is 19.4 Å². The van der Waals surface area contributed by atoms with Crippen LogP contribution >= 0.6 is 23.2 Å². The number of amides is 1. The molecule has 0 aliphatic heterocycles. The SMILES string of the molecule is Cc1cccc(C(=O)OCC(=O)Nc2ncc(Cl)cc2Cl)c1O. The summed E-state index contributed by atoms with van der Waals surface area (Å²) in [6, 6.07) is 6.07. The number of carbonyl (C=O) groups is 2. The minimum Gasteiger partial charge on any atom is -0.507 e. The van der Waals surface area contributed by atoms with E-state index in [0.717, 1.165) is 0 Å². The van der Waals surface area contributed by atoms with Gasteiger partial charge in [0.2, 0.25) is 0 Å². The fourth-order valence-corrected chi connectivity index (χ4v) is 2.13. The first-order valence-electron chi connectivity index (χ1n) is 6.45. The smallest absolute Gasteiger partial charge is 0.342 e. The molecule has 0 radical (unpaired) electrons. The van der Waals surface area contributed by atoms with Gasteiger partial charge in [0.1, 0.15) is 11.3 Å². The van der Waals surface area contributed by atoms with Crippen molar-refractivity contribution in [1.29, 1.82) is 0 Å². The lowest BCUT2D eigenvalue weighted by molar-refractivity contribution is -0.119. The lowest BCUT2D eigenvalue weighted by atomic mass is 10.1. The summed E-state index contributed by atoms with van der Waals surface area (Å²) in [6.45, 7) is 1.10. The van der Waals surface area contributed by atoms with Crippen LogP contribution in [0.25, 0.3) is 0 Å². The number of esters is 1. The molecule has 1 heterocycles. The van der Waals surface area contributed by atoms with E-state index in [1.807, 2.05) is 0 Å². The van der Waals surface area contributed by atoms with E-state index in [9.17, 15) is 14.7 Å². The summed E-state index contributed by atoms with van der Waals surface area (Å²) in [5, 5.41) is 12.7. The molecule has 0 atom stereocenters. The lowest BCUT2D eigenvalue weighted by Gasteiger charge is -2.09. The standard InChI is InChI=1S/C15H12Cl2N2O4/c1-8-3-2-4-10(13(8)21)15(22)23-7-12(20)19-14-11(17)5-9(16)6-18-14/h2-6,21H,7H2,1H3,(H,18,19,20). The molecule has 0 bridgehead atoms. The zero-order valence-corrected chi connectivity index (χ0v) is 13.5. The Morgan fingerprint density at radius 3 is 2.78 bits per heavy atom. The molecular weight excluding hydrogens is 343 g/mol. The van der Waals surface area contributed by atoms with Gasteiger partial charge >= 0.3 is 5.97 Å². The fourth-order valence-electron chi connectivity index (χ4n) is 1.71. The number of nitrogens with one attached hydrogen (secondary N) is 1. The Bertz CT molecular complexity index is 765. The first-order chi connectivity index (χ1) is 10.9. The number of aromatic hydroxyl groups is 1. The van der Waals surface area contributed by atoms with Gasteiger partial charge < -0.3 is 15.2 Å². The Hall–Kier alpha value is -2.31. The van der Waals surface area contributed by atoms with Crippen LogP contribution in [-0.2, 0) is 9.53 Å². The van der Waals surface area contributed by atoms with Gasteiger partial charge in [-0.1, -0.05) is 35.3 Å². The molecule has 1 aromatic carbocycles. The molecular formula is C15H12Cl2N2O4. The highest BCUT2D eigenvalue weighted by Gasteiger charge is 2.16. The number of pyridine rings is 1. The molecule has 2 rings (SSSR count). The topological polar surface area (TPSA) is 88.5 Å². The van der Waals surface area contributed by atoms with E-state index in [2.05, 4.69) is 10.3 Å². The Morgan fingerprint density at radius 2 is 2.09 bits per heavy atom. The third-order valence-corrected chi connectivity index (χ3v) is 3.35. The van der Waals surface area contributed by atoms with E-state index in [-0.39, 0.29) is 22.2 Å². The van der Waals surface area contributed by atoms with E-state index in [1.165, 1.54) is 18.3 Å². The van der Waals surface area contributed by atoms with E-state index in [1.54, 1.807) is 19.1 Å². The van der Waals surface area contributed by atoms with E-state index >= 15 is 0 Å². The maximum Gasteiger partial charge on any atom is 0.342 e. The number of hydrogen-bond acceptors (Lipinski definition) is 5. The highest BCUT2D eigenvalue weighted by molar-refractivity contribution is 6.36. The van der Waals surface area contributed by atoms with Gasteiger partial charge in [-0.25, -0.2) is 9.78 Å². The van der Waals surface area contributed by atoms with Gasteiger partial charge in [-0.2, -0.15) is 0 Å². The van der Waals surface area contributed by atoms with Crippen LogP contribution in [0.1, 0.15) is 15.9 Å². The number of benzene rings is 1. The normalized spacial score (nSPS) is 10.2. The lowest BCUT2D eigenvalue weighted by Crippen LogP contribution is -2.21. The number of aromatic nitrogens is 1. The van der Waals surface area contributed by atoms with E-state index < -0.39 is 18.5 Å². The molecule has 23 heavy (non-hydrogen) atoms. The summed E-state index contributed by atoms with van der Waals surface area (Å²) in [6.07, 6.45) is 1.32. The monoisotopic (exact) mass is 354 g/mol. The van der Waals surface area contributed by atoms with Gasteiger partial charge in [0.15, 0.2) is 12.4 Å². The maximum atomic E-state index is 11.9.